The van der Waals surface area contributed by atoms with Crippen LogP contribution in [0.5, 0.6) is 5.75 Å². The molecule has 0 radical (unpaired) electrons. The molecule has 0 fully saturated rings. The Bertz CT molecular complexity index is 711. The fourth-order valence-electron chi connectivity index (χ4n) is 2.02. The molecule has 2 rings (SSSR count). The lowest BCUT2D eigenvalue weighted by atomic mass is 10.1. The summed E-state index contributed by atoms with van der Waals surface area (Å²) in [5.74, 6) is -0.0371. The Morgan fingerprint density at radius 1 is 1.17 bits per heavy atom. The van der Waals surface area contributed by atoms with Gasteiger partial charge in [-0.05, 0) is 29.7 Å². The summed E-state index contributed by atoms with van der Waals surface area (Å²) in [6.45, 7) is 0.688. The van der Waals surface area contributed by atoms with Crippen molar-refractivity contribution in [3.63, 3.8) is 0 Å². The van der Waals surface area contributed by atoms with E-state index in [1.165, 1.54) is 6.07 Å². The molecular weight excluding hydrogens is 306 g/mol. The Hall–Kier alpha value is -3.08. The topological polar surface area (TPSA) is 75.6 Å². The van der Waals surface area contributed by atoms with Crippen LogP contribution in [0.4, 0.5) is 4.79 Å². The molecule has 0 atom stereocenters. The van der Waals surface area contributed by atoms with Crippen molar-refractivity contribution in [3.8, 4) is 5.75 Å². The molecule has 0 unspecified atom stereocenters. The van der Waals surface area contributed by atoms with Gasteiger partial charge in [0.15, 0.2) is 6.29 Å². The molecule has 0 heterocycles. The number of benzene rings is 2. The number of alkyl carbamates (subject to hydrolysis) is 1. The average molecular weight is 325 g/mol. The van der Waals surface area contributed by atoms with Crippen molar-refractivity contribution in [2.75, 3.05) is 6.54 Å². The minimum atomic E-state index is -0.458. The van der Waals surface area contributed by atoms with Crippen LogP contribution in [0.3, 0.4) is 0 Å². The number of hydrogen-bond donors (Lipinski definition) is 2. The van der Waals surface area contributed by atoms with Gasteiger partial charge in [0, 0.05) is 6.54 Å². The second-order valence-corrected chi connectivity index (χ2v) is 5.12. The first-order chi connectivity index (χ1) is 11.7. The van der Waals surface area contributed by atoms with E-state index in [1.807, 2.05) is 42.5 Å². The molecule has 2 N–H and O–H groups in total. The zero-order valence-electron chi connectivity index (χ0n) is 13.1. The van der Waals surface area contributed by atoms with Gasteiger partial charge >= 0.3 is 6.09 Å². The molecule has 2 aromatic carbocycles. The first kappa shape index (κ1) is 17.3. The number of phenolic OH excluding ortho intramolecular Hbond substituents is 1. The van der Waals surface area contributed by atoms with E-state index < -0.39 is 6.09 Å². The molecule has 5 heteroatoms. The number of ether oxygens (including phenoxy) is 1. The minimum Gasteiger partial charge on any atom is -0.507 e. The van der Waals surface area contributed by atoms with Crippen LogP contribution in [0.25, 0.3) is 6.08 Å². The molecule has 0 saturated heterocycles. The summed E-state index contributed by atoms with van der Waals surface area (Å²) >= 11 is 0. The summed E-state index contributed by atoms with van der Waals surface area (Å²) in [5, 5.41) is 12.1. The number of amides is 1. The van der Waals surface area contributed by atoms with E-state index in [-0.39, 0.29) is 17.9 Å². The molecule has 5 nitrogen and oxygen atoms in total. The lowest BCUT2D eigenvalue weighted by Crippen LogP contribution is -2.24. The molecular formula is C19H19NO4. The molecule has 0 saturated carbocycles. The van der Waals surface area contributed by atoms with Crippen LogP contribution in [-0.2, 0) is 11.3 Å². The van der Waals surface area contributed by atoms with Crippen LogP contribution < -0.4 is 5.32 Å². The quantitative estimate of drug-likeness (QED) is 0.603. The lowest BCUT2D eigenvalue weighted by molar-refractivity contribution is 0.112. The van der Waals surface area contributed by atoms with Crippen LogP contribution >= 0.6 is 0 Å². The fourth-order valence-corrected chi connectivity index (χ4v) is 2.02. The molecule has 0 aliphatic rings. The SMILES string of the molecule is O=Cc1cc(C=CCCNC(=O)OCc2ccccc2)ccc1O. The van der Waals surface area contributed by atoms with Gasteiger partial charge in [-0.3, -0.25) is 4.79 Å². The van der Waals surface area contributed by atoms with Gasteiger partial charge in [-0.1, -0.05) is 48.6 Å². The number of aldehydes is 1. The summed E-state index contributed by atoms with van der Waals surface area (Å²) in [4.78, 5) is 22.3. The van der Waals surface area contributed by atoms with E-state index in [4.69, 9.17) is 4.74 Å². The van der Waals surface area contributed by atoms with Crippen molar-refractivity contribution in [2.24, 2.45) is 0 Å². The number of phenols is 1. The van der Waals surface area contributed by atoms with Crippen LogP contribution in [0.1, 0.15) is 27.9 Å². The number of nitrogens with one attached hydrogen (secondary N) is 1. The van der Waals surface area contributed by atoms with Gasteiger partial charge in [-0.2, -0.15) is 0 Å². The van der Waals surface area contributed by atoms with Crippen LogP contribution in [0.2, 0.25) is 0 Å². The first-order valence-electron chi connectivity index (χ1n) is 7.58. The van der Waals surface area contributed by atoms with Crippen molar-refractivity contribution in [1.82, 2.24) is 5.32 Å². The highest BCUT2D eigenvalue weighted by Gasteiger charge is 2.01. The summed E-state index contributed by atoms with van der Waals surface area (Å²) in [5.41, 5.74) is 1.99. The number of carbonyl (C=O) groups is 2. The van der Waals surface area contributed by atoms with Gasteiger partial charge in [0.25, 0.3) is 0 Å². The average Bonchev–Trinajstić information content (AvgIpc) is 2.62. The molecule has 0 aliphatic heterocycles. The predicted molar refractivity (Wildman–Crippen MR) is 91.8 cm³/mol. The maximum atomic E-state index is 11.5. The molecule has 0 bridgehead atoms. The van der Waals surface area contributed by atoms with Gasteiger partial charge in [0.05, 0.1) is 5.56 Å². The first-order valence-corrected chi connectivity index (χ1v) is 7.58. The van der Waals surface area contributed by atoms with Gasteiger partial charge in [0.1, 0.15) is 12.4 Å². The fraction of sp³-hybridized carbons (Fsp3) is 0.158. The van der Waals surface area contributed by atoms with Gasteiger partial charge < -0.3 is 15.2 Å². The van der Waals surface area contributed by atoms with Crippen LogP contribution in [0.15, 0.2) is 54.6 Å². The normalized spacial score (nSPS) is 10.5. The van der Waals surface area contributed by atoms with Crippen molar-refractivity contribution < 1.29 is 19.4 Å². The summed E-state index contributed by atoms with van der Waals surface area (Å²) in [6.07, 6.45) is 4.47. The Morgan fingerprint density at radius 3 is 2.71 bits per heavy atom. The summed E-state index contributed by atoms with van der Waals surface area (Å²) in [6, 6.07) is 14.2. The van der Waals surface area contributed by atoms with Gasteiger partial charge in [-0.15, -0.1) is 0 Å². The van der Waals surface area contributed by atoms with Crippen LogP contribution in [-0.4, -0.2) is 24.0 Å². The molecule has 2 aromatic rings. The van der Waals surface area contributed by atoms with Crippen molar-refractivity contribution in [1.29, 1.82) is 0 Å². The number of carbonyl (C=O) groups excluding carboxylic acids is 2. The van der Waals surface area contributed by atoms with E-state index in [0.29, 0.717) is 19.3 Å². The van der Waals surface area contributed by atoms with E-state index >= 15 is 0 Å². The van der Waals surface area contributed by atoms with E-state index in [0.717, 1.165) is 11.1 Å². The zero-order chi connectivity index (χ0) is 17.2. The third-order valence-electron chi connectivity index (χ3n) is 3.28. The Balaban J connectivity index is 1.68. The van der Waals surface area contributed by atoms with Crippen molar-refractivity contribution in [3.05, 3.63) is 71.3 Å². The molecule has 1 amide bonds. The molecule has 24 heavy (non-hydrogen) atoms. The van der Waals surface area contributed by atoms with Crippen molar-refractivity contribution in [2.45, 2.75) is 13.0 Å². The Morgan fingerprint density at radius 2 is 1.96 bits per heavy atom. The van der Waals surface area contributed by atoms with Crippen molar-refractivity contribution >= 4 is 18.5 Å². The third kappa shape index (κ3) is 5.61. The van der Waals surface area contributed by atoms with E-state index in [2.05, 4.69) is 5.32 Å². The van der Waals surface area contributed by atoms with Gasteiger partial charge in [0.2, 0.25) is 0 Å². The summed E-state index contributed by atoms with van der Waals surface area (Å²) in [7, 11) is 0. The molecule has 0 aromatic heterocycles. The second kappa shape index (κ2) is 9.15. The largest absolute Gasteiger partial charge is 0.507 e. The van der Waals surface area contributed by atoms with Gasteiger partial charge in [-0.25, -0.2) is 4.79 Å². The monoisotopic (exact) mass is 325 g/mol. The summed E-state index contributed by atoms with van der Waals surface area (Å²) < 4.78 is 5.10. The maximum Gasteiger partial charge on any atom is 0.407 e. The highest BCUT2D eigenvalue weighted by molar-refractivity contribution is 5.80. The maximum absolute atomic E-state index is 11.5. The van der Waals surface area contributed by atoms with E-state index in [1.54, 1.807) is 12.1 Å². The lowest BCUT2D eigenvalue weighted by Gasteiger charge is -2.05. The third-order valence-corrected chi connectivity index (χ3v) is 3.28. The number of hydrogen-bond acceptors (Lipinski definition) is 4. The standard InChI is InChI=1S/C19H19NO4/c21-13-17-12-15(9-10-18(17)22)6-4-5-11-20-19(23)24-14-16-7-2-1-3-8-16/h1-4,6-10,12-13,22H,5,11,14H2,(H,20,23). The number of aromatic hydroxyl groups is 1. The van der Waals surface area contributed by atoms with E-state index in [9.17, 15) is 14.7 Å². The zero-order valence-corrected chi connectivity index (χ0v) is 13.1. The molecule has 124 valence electrons. The Kier molecular flexibility index (Phi) is 6.58. The predicted octanol–water partition coefficient (Wildman–Crippen LogP) is 3.53. The minimum absolute atomic E-state index is 0.0371. The number of rotatable bonds is 7. The second-order valence-electron chi connectivity index (χ2n) is 5.12. The Labute approximate surface area is 140 Å². The molecule has 0 spiro atoms. The smallest absolute Gasteiger partial charge is 0.407 e. The highest BCUT2D eigenvalue weighted by atomic mass is 16.5. The van der Waals surface area contributed by atoms with Crippen LogP contribution in [0, 0.1) is 0 Å². The highest BCUT2D eigenvalue weighted by Crippen LogP contribution is 2.17. The molecule has 0 aliphatic carbocycles.